The van der Waals surface area contributed by atoms with E-state index >= 15 is 0 Å². The monoisotopic (exact) mass is 395 g/mol. The van der Waals surface area contributed by atoms with E-state index in [2.05, 4.69) is 10.1 Å². The lowest BCUT2D eigenvalue weighted by Crippen LogP contribution is -2.26. The number of hydrogen-bond acceptors (Lipinski definition) is 6. The lowest BCUT2D eigenvalue weighted by molar-refractivity contribution is -0.301. The Morgan fingerprint density at radius 1 is 1.07 bits per heavy atom. The quantitative estimate of drug-likeness (QED) is 0.376. The maximum atomic E-state index is 13.3. The van der Waals surface area contributed by atoms with Crippen LogP contribution >= 0.6 is 11.8 Å². The van der Waals surface area contributed by atoms with Crippen molar-refractivity contribution in [1.82, 2.24) is 19.3 Å². The molecule has 9 heteroatoms. The zero-order chi connectivity index (χ0) is 19.7. The van der Waals surface area contributed by atoms with Crippen molar-refractivity contribution < 1.29 is 14.3 Å². The molecule has 0 aliphatic carbocycles. The third kappa shape index (κ3) is 3.27. The van der Waals surface area contributed by atoms with Crippen molar-refractivity contribution in [2.45, 2.75) is 5.16 Å². The Morgan fingerprint density at radius 2 is 1.79 bits per heavy atom. The van der Waals surface area contributed by atoms with Gasteiger partial charge in [0.15, 0.2) is 10.8 Å². The summed E-state index contributed by atoms with van der Waals surface area (Å²) in [4.78, 5) is 28.5. The summed E-state index contributed by atoms with van der Waals surface area (Å²) in [6.45, 7) is 0. The molecule has 0 bridgehead atoms. The number of carbonyl (C=O) groups excluding carboxylic acids is 1. The molecule has 0 spiro atoms. The molecule has 0 amide bonds. The molecule has 0 aliphatic rings. The standard InChI is InChI=1S/C19H13FN4O3S/c20-12-6-8-13(9-7-12)23-18(27)15-10-21-24(14-4-2-1-3-5-14)17(15)22-19(23)28-11-16(25)26/h1-10H,11H2,(H,25,26)/p-1. The van der Waals surface area contributed by atoms with Gasteiger partial charge in [0.05, 0.1) is 23.5 Å². The van der Waals surface area contributed by atoms with Gasteiger partial charge in [0, 0.05) is 5.75 Å². The second-order valence-electron chi connectivity index (χ2n) is 5.80. The highest BCUT2D eigenvalue weighted by atomic mass is 32.2. The minimum atomic E-state index is -1.29. The molecule has 0 saturated heterocycles. The van der Waals surface area contributed by atoms with E-state index in [1.165, 1.54) is 39.7 Å². The van der Waals surface area contributed by atoms with E-state index < -0.39 is 23.1 Å². The Bertz CT molecular complexity index is 1220. The Morgan fingerprint density at radius 3 is 2.46 bits per heavy atom. The van der Waals surface area contributed by atoms with Crippen LogP contribution in [0.25, 0.3) is 22.4 Å². The number of para-hydroxylation sites is 1. The highest BCUT2D eigenvalue weighted by Crippen LogP contribution is 2.22. The Kier molecular flexibility index (Phi) is 4.66. The fraction of sp³-hybridized carbons (Fsp3) is 0.0526. The van der Waals surface area contributed by atoms with Crippen molar-refractivity contribution in [3.63, 3.8) is 0 Å². The number of carbonyl (C=O) groups is 1. The first-order valence-electron chi connectivity index (χ1n) is 8.19. The van der Waals surface area contributed by atoms with Crippen LogP contribution in [-0.4, -0.2) is 31.1 Å². The highest BCUT2D eigenvalue weighted by molar-refractivity contribution is 7.99. The van der Waals surface area contributed by atoms with Crippen molar-refractivity contribution in [3.05, 3.63) is 77.0 Å². The van der Waals surface area contributed by atoms with Crippen molar-refractivity contribution >= 4 is 28.8 Å². The fourth-order valence-electron chi connectivity index (χ4n) is 2.74. The largest absolute Gasteiger partial charge is 0.549 e. The van der Waals surface area contributed by atoms with E-state index in [0.29, 0.717) is 17.0 Å². The van der Waals surface area contributed by atoms with Crippen LogP contribution in [0.2, 0.25) is 0 Å². The van der Waals surface area contributed by atoms with Gasteiger partial charge in [0.25, 0.3) is 5.56 Å². The zero-order valence-electron chi connectivity index (χ0n) is 14.3. The van der Waals surface area contributed by atoms with E-state index in [1.54, 1.807) is 0 Å². The average Bonchev–Trinajstić information content (AvgIpc) is 3.12. The fourth-order valence-corrected chi connectivity index (χ4v) is 3.46. The molecule has 140 valence electrons. The Balaban J connectivity index is 1.96. The number of fused-ring (bicyclic) bond motifs is 1. The van der Waals surface area contributed by atoms with Crippen molar-refractivity contribution in [1.29, 1.82) is 0 Å². The predicted molar refractivity (Wildman–Crippen MR) is 100 cm³/mol. The Labute approximate surface area is 162 Å². The number of thioether (sulfide) groups is 1. The number of carboxylic acid groups (broad SMARTS) is 1. The van der Waals surface area contributed by atoms with Gasteiger partial charge in [-0.3, -0.25) is 9.36 Å². The molecule has 2 heterocycles. The van der Waals surface area contributed by atoms with Gasteiger partial charge in [-0.15, -0.1) is 0 Å². The van der Waals surface area contributed by atoms with Crippen molar-refractivity contribution in [3.8, 4) is 11.4 Å². The molecule has 0 aliphatic heterocycles. The van der Waals surface area contributed by atoms with Crippen LogP contribution in [0.5, 0.6) is 0 Å². The normalized spacial score (nSPS) is 11.0. The van der Waals surface area contributed by atoms with Crippen LogP contribution in [0.15, 0.2) is 70.7 Å². The van der Waals surface area contributed by atoms with Gasteiger partial charge in [-0.05, 0) is 36.4 Å². The van der Waals surface area contributed by atoms with E-state index in [1.807, 2.05) is 30.3 Å². The second-order valence-corrected chi connectivity index (χ2v) is 6.74. The van der Waals surface area contributed by atoms with E-state index in [0.717, 1.165) is 11.8 Å². The number of carboxylic acids is 1. The molecule has 0 atom stereocenters. The third-order valence-corrected chi connectivity index (χ3v) is 4.89. The highest BCUT2D eigenvalue weighted by Gasteiger charge is 2.17. The molecule has 4 rings (SSSR count). The summed E-state index contributed by atoms with van der Waals surface area (Å²) in [5.41, 5.74) is 0.948. The van der Waals surface area contributed by atoms with Gasteiger partial charge in [-0.25, -0.2) is 14.1 Å². The Hall–Kier alpha value is -3.46. The summed E-state index contributed by atoms with van der Waals surface area (Å²) in [6.07, 6.45) is 1.41. The minimum absolute atomic E-state index is 0.144. The number of rotatable bonds is 5. The van der Waals surface area contributed by atoms with Crippen molar-refractivity contribution in [2.24, 2.45) is 0 Å². The number of benzene rings is 2. The number of halogens is 1. The molecule has 2 aromatic heterocycles. The molecule has 0 unspecified atom stereocenters. The van der Waals surface area contributed by atoms with Crippen LogP contribution in [0.1, 0.15) is 0 Å². The van der Waals surface area contributed by atoms with Gasteiger partial charge in [-0.1, -0.05) is 30.0 Å². The first-order chi connectivity index (χ1) is 13.5. The van der Waals surface area contributed by atoms with Gasteiger partial charge < -0.3 is 9.90 Å². The molecule has 4 aromatic rings. The predicted octanol–water partition coefficient (Wildman–Crippen LogP) is 1.55. The van der Waals surface area contributed by atoms with Gasteiger partial charge in [0.2, 0.25) is 0 Å². The third-order valence-electron chi connectivity index (χ3n) is 3.97. The molecule has 0 saturated carbocycles. The molecular weight excluding hydrogens is 383 g/mol. The summed E-state index contributed by atoms with van der Waals surface area (Å²) in [7, 11) is 0. The lowest BCUT2D eigenvalue weighted by Gasteiger charge is -2.13. The maximum Gasteiger partial charge on any atom is 0.269 e. The van der Waals surface area contributed by atoms with Crippen molar-refractivity contribution in [2.75, 3.05) is 5.75 Å². The smallest absolute Gasteiger partial charge is 0.269 e. The van der Waals surface area contributed by atoms with E-state index in [-0.39, 0.29) is 10.5 Å². The number of aromatic nitrogens is 4. The zero-order valence-corrected chi connectivity index (χ0v) is 15.1. The van der Waals surface area contributed by atoms with Gasteiger partial charge in [-0.2, -0.15) is 5.10 Å². The summed E-state index contributed by atoms with van der Waals surface area (Å²) >= 11 is 0.845. The van der Waals surface area contributed by atoms with Gasteiger partial charge in [0.1, 0.15) is 11.2 Å². The van der Waals surface area contributed by atoms with E-state index in [9.17, 15) is 19.1 Å². The topological polar surface area (TPSA) is 92.8 Å². The average molecular weight is 395 g/mol. The minimum Gasteiger partial charge on any atom is -0.549 e. The van der Waals surface area contributed by atoms with Crippen LogP contribution in [0.4, 0.5) is 4.39 Å². The van der Waals surface area contributed by atoms with Gasteiger partial charge >= 0.3 is 0 Å². The lowest BCUT2D eigenvalue weighted by atomic mass is 10.3. The summed E-state index contributed by atoms with van der Waals surface area (Å²) in [5.74, 6) is -2.13. The maximum absolute atomic E-state index is 13.3. The molecular formula is C19H12FN4O3S-. The van der Waals surface area contributed by atoms with E-state index in [4.69, 9.17) is 0 Å². The first-order valence-corrected chi connectivity index (χ1v) is 9.18. The molecule has 0 radical (unpaired) electrons. The second kappa shape index (κ2) is 7.28. The number of aliphatic carboxylic acids is 1. The summed E-state index contributed by atoms with van der Waals surface area (Å²) in [6, 6.07) is 14.4. The summed E-state index contributed by atoms with van der Waals surface area (Å²) < 4.78 is 16.0. The molecule has 2 aromatic carbocycles. The SMILES string of the molecule is O=C([O-])CSc1nc2c(cnn2-c2ccccc2)c(=O)n1-c1ccc(F)cc1. The van der Waals surface area contributed by atoms with Crippen LogP contribution < -0.4 is 10.7 Å². The van der Waals surface area contributed by atoms with Crippen LogP contribution in [0.3, 0.4) is 0 Å². The number of nitrogens with zero attached hydrogens (tertiary/aromatic N) is 4. The number of hydrogen-bond donors (Lipinski definition) is 0. The summed E-state index contributed by atoms with van der Waals surface area (Å²) in [5, 5.41) is 15.6. The van der Waals surface area contributed by atoms with Crippen LogP contribution in [0, 0.1) is 5.82 Å². The molecule has 28 heavy (non-hydrogen) atoms. The first kappa shape index (κ1) is 17.9. The molecule has 0 N–H and O–H groups in total. The molecule has 0 fully saturated rings. The van der Waals surface area contributed by atoms with Crippen LogP contribution in [-0.2, 0) is 4.79 Å². The molecule has 7 nitrogen and oxygen atoms in total.